The van der Waals surface area contributed by atoms with Crippen LogP contribution >= 0.6 is 11.8 Å². The number of nitro benzene ring substituents is 1. The van der Waals surface area contributed by atoms with E-state index >= 15 is 0 Å². The molecule has 0 saturated carbocycles. The van der Waals surface area contributed by atoms with Crippen LogP contribution < -0.4 is 10.6 Å². The van der Waals surface area contributed by atoms with Crippen LogP contribution in [0.1, 0.15) is 12.0 Å². The van der Waals surface area contributed by atoms with Crippen molar-refractivity contribution in [2.45, 2.75) is 13.0 Å². The summed E-state index contributed by atoms with van der Waals surface area (Å²) in [5, 5.41) is 17.2. The zero-order chi connectivity index (χ0) is 16.9. The van der Waals surface area contributed by atoms with Gasteiger partial charge in [-0.2, -0.15) is 11.8 Å². The number of hydrogen-bond acceptors (Lipinski definition) is 5. The number of hydrogen-bond donors (Lipinski definition) is 2. The zero-order valence-corrected chi connectivity index (χ0v) is 14.4. The molecule has 0 radical (unpaired) electrons. The van der Waals surface area contributed by atoms with Crippen LogP contribution in [0.15, 0.2) is 29.3 Å². The Hall–Kier alpha value is -1.80. The van der Waals surface area contributed by atoms with E-state index < -0.39 is 4.92 Å². The van der Waals surface area contributed by atoms with Crippen molar-refractivity contribution in [1.82, 2.24) is 10.6 Å². The Kier molecular flexibility index (Phi) is 9.81. The van der Waals surface area contributed by atoms with Crippen LogP contribution in [0.5, 0.6) is 0 Å². The lowest BCUT2D eigenvalue weighted by molar-refractivity contribution is -0.384. The second kappa shape index (κ2) is 11.7. The number of benzene rings is 1. The fourth-order valence-electron chi connectivity index (χ4n) is 1.76. The molecule has 23 heavy (non-hydrogen) atoms. The van der Waals surface area contributed by atoms with E-state index in [0.717, 1.165) is 36.8 Å². The Morgan fingerprint density at radius 2 is 2.00 bits per heavy atom. The summed E-state index contributed by atoms with van der Waals surface area (Å²) >= 11 is 1.77. The number of rotatable bonds is 10. The monoisotopic (exact) mass is 340 g/mol. The molecule has 1 aromatic carbocycles. The maximum Gasteiger partial charge on any atom is 0.269 e. The van der Waals surface area contributed by atoms with Gasteiger partial charge in [0.1, 0.15) is 0 Å². The van der Waals surface area contributed by atoms with Gasteiger partial charge in [-0.3, -0.25) is 10.1 Å². The van der Waals surface area contributed by atoms with Gasteiger partial charge in [0.15, 0.2) is 5.96 Å². The first-order valence-electron chi connectivity index (χ1n) is 7.40. The second-order valence-corrected chi connectivity index (χ2v) is 5.77. The first-order chi connectivity index (χ1) is 11.2. The summed E-state index contributed by atoms with van der Waals surface area (Å²) in [5.74, 6) is 1.74. The molecule has 0 aromatic heterocycles. The number of guanidine groups is 1. The molecule has 1 rings (SSSR count). The highest BCUT2D eigenvalue weighted by Gasteiger charge is 2.04. The average molecular weight is 340 g/mol. The van der Waals surface area contributed by atoms with E-state index in [4.69, 9.17) is 4.74 Å². The van der Waals surface area contributed by atoms with E-state index in [9.17, 15) is 10.1 Å². The minimum absolute atomic E-state index is 0.0914. The van der Waals surface area contributed by atoms with Crippen molar-refractivity contribution in [3.05, 3.63) is 39.9 Å². The predicted molar refractivity (Wildman–Crippen MR) is 95.1 cm³/mol. The van der Waals surface area contributed by atoms with Gasteiger partial charge < -0.3 is 15.4 Å². The largest absolute Gasteiger partial charge is 0.385 e. The molecular weight excluding hydrogens is 316 g/mol. The maximum absolute atomic E-state index is 10.6. The summed E-state index contributed by atoms with van der Waals surface area (Å²) in [6.07, 6.45) is 2.96. The smallest absolute Gasteiger partial charge is 0.269 e. The highest BCUT2D eigenvalue weighted by atomic mass is 32.2. The van der Waals surface area contributed by atoms with Crippen molar-refractivity contribution in [2.24, 2.45) is 4.99 Å². The average Bonchev–Trinajstić information content (AvgIpc) is 2.56. The first kappa shape index (κ1) is 19.2. The van der Waals surface area contributed by atoms with Crippen LogP contribution in [0, 0.1) is 10.1 Å². The molecule has 1 aromatic rings. The molecule has 0 heterocycles. The molecule has 0 amide bonds. The third-order valence-corrected chi connectivity index (χ3v) is 3.60. The van der Waals surface area contributed by atoms with Crippen molar-refractivity contribution < 1.29 is 9.66 Å². The molecule has 128 valence electrons. The van der Waals surface area contributed by atoms with Crippen molar-refractivity contribution in [2.75, 3.05) is 38.8 Å². The Labute approximate surface area is 141 Å². The fourth-order valence-corrected chi connectivity index (χ4v) is 2.07. The van der Waals surface area contributed by atoms with Gasteiger partial charge in [0.05, 0.1) is 11.5 Å². The van der Waals surface area contributed by atoms with Gasteiger partial charge in [-0.1, -0.05) is 12.1 Å². The van der Waals surface area contributed by atoms with E-state index in [-0.39, 0.29) is 5.69 Å². The number of methoxy groups -OCH3 is 1. The summed E-state index contributed by atoms with van der Waals surface area (Å²) in [6, 6.07) is 6.45. The van der Waals surface area contributed by atoms with E-state index in [1.54, 1.807) is 31.0 Å². The van der Waals surface area contributed by atoms with Crippen LogP contribution in [0.25, 0.3) is 0 Å². The number of ether oxygens (including phenoxy) is 1. The second-order valence-electron chi connectivity index (χ2n) is 4.78. The number of nitrogens with zero attached hydrogens (tertiary/aromatic N) is 2. The van der Waals surface area contributed by atoms with E-state index in [1.165, 1.54) is 12.1 Å². The van der Waals surface area contributed by atoms with Crippen molar-refractivity contribution in [3.8, 4) is 0 Å². The summed E-state index contributed by atoms with van der Waals surface area (Å²) in [7, 11) is 1.68. The number of non-ortho nitro benzene ring substituents is 1. The Bertz CT molecular complexity index is 494. The van der Waals surface area contributed by atoms with E-state index in [0.29, 0.717) is 13.2 Å². The van der Waals surface area contributed by atoms with Crippen LogP contribution in [0.4, 0.5) is 5.69 Å². The summed E-state index contributed by atoms with van der Waals surface area (Å²) < 4.78 is 5.02. The lowest BCUT2D eigenvalue weighted by Crippen LogP contribution is -2.39. The molecule has 0 spiro atoms. The maximum atomic E-state index is 10.6. The van der Waals surface area contributed by atoms with Gasteiger partial charge in [-0.15, -0.1) is 0 Å². The first-order valence-corrected chi connectivity index (χ1v) is 8.80. The highest BCUT2D eigenvalue weighted by Crippen LogP contribution is 2.12. The number of nitrogens with one attached hydrogen (secondary N) is 2. The van der Waals surface area contributed by atoms with Gasteiger partial charge in [-0.05, 0) is 18.2 Å². The minimum Gasteiger partial charge on any atom is -0.385 e. The third kappa shape index (κ3) is 8.41. The standard InChI is InChI=1S/C15H24N4O3S/c1-22-10-3-8-16-15(17-9-11-23-2)18-12-13-4-6-14(7-5-13)19(20)21/h4-7H,3,8-12H2,1-2H3,(H2,16,17,18). The van der Waals surface area contributed by atoms with Gasteiger partial charge >= 0.3 is 0 Å². The van der Waals surface area contributed by atoms with Gasteiger partial charge in [-0.25, -0.2) is 4.99 Å². The van der Waals surface area contributed by atoms with Crippen LogP contribution in [0.2, 0.25) is 0 Å². The fraction of sp³-hybridized carbons (Fsp3) is 0.533. The lowest BCUT2D eigenvalue weighted by Gasteiger charge is -2.12. The molecular formula is C15H24N4O3S. The van der Waals surface area contributed by atoms with Crippen molar-refractivity contribution >= 4 is 23.4 Å². The van der Waals surface area contributed by atoms with Crippen molar-refractivity contribution in [3.63, 3.8) is 0 Å². The minimum atomic E-state index is -0.403. The normalized spacial score (nSPS) is 11.3. The van der Waals surface area contributed by atoms with Crippen molar-refractivity contribution in [1.29, 1.82) is 0 Å². The number of aliphatic imine (C=N–C) groups is 1. The SMILES string of the molecule is COCCCNC(=NCc1ccc([N+](=O)[O-])cc1)NCCSC. The number of nitro groups is 1. The van der Waals surface area contributed by atoms with E-state index in [2.05, 4.69) is 21.9 Å². The molecule has 0 saturated heterocycles. The Morgan fingerprint density at radius 3 is 2.61 bits per heavy atom. The molecule has 7 nitrogen and oxygen atoms in total. The summed E-state index contributed by atoms with van der Waals surface area (Å²) in [5.41, 5.74) is 1.02. The Morgan fingerprint density at radius 1 is 1.30 bits per heavy atom. The van der Waals surface area contributed by atoms with Gasteiger partial charge in [0.25, 0.3) is 5.69 Å². The molecule has 0 unspecified atom stereocenters. The molecule has 2 N–H and O–H groups in total. The lowest BCUT2D eigenvalue weighted by atomic mass is 10.2. The molecule has 0 fully saturated rings. The van der Waals surface area contributed by atoms with Crippen LogP contribution in [-0.4, -0.2) is 49.7 Å². The molecule has 0 bridgehead atoms. The molecule has 0 atom stereocenters. The molecule has 0 aliphatic rings. The quantitative estimate of drug-likeness (QED) is 0.223. The summed E-state index contributed by atoms with van der Waals surface area (Å²) in [4.78, 5) is 14.8. The van der Waals surface area contributed by atoms with Crippen LogP contribution in [0.3, 0.4) is 0 Å². The van der Waals surface area contributed by atoms with Gasteiger partial charge in [0.2, 0.25) is 0 Å². The summed E-state index contributed by atoms with van der Waals surface area (Å²) in [6.45, 7) is 2.78. The Balaban J connectivity index is 2.56. The molecule has 0 aliphatic carbocycles. The van der Waals surface area contributed by atoms with Gasteiger partial charge in [0, 0.05) is 44.7 Å². The molecule has 0 aliphatic heterocycles. The number of thioether (sulfide) groups is 1. The van der Waals surface area contributed by atoms with Crippen LogP contribution in [-0.2, 0) is 11.3 Å². The zero-order valence-electron chi connectivity index (χ0n) is 13.6. The highest BCUT2D eigenvalue weighted by molar-refractivity contribution is 7.98. The molecule has 8 heteroatoms. The third-order valence-electron chi connectivity index (χ3n) is 2.98. The van der Waals surface area contributed by atoms with E-state index in [1.807, 2.05) is 0 Å². The topological polar surface area (TPSA) is 88.8 Å². The predicted octanol–water partition coefficient (Wildman–Crippen LogP) is 2.03.